The fourth-order valence-corrected chi connectivity index (χ4v) is 6.28. The van der Waals surface area contributed by atoms with Crippen molar-refractivity contribution >= 4 is 39.2 Å². The van der Waals surface area contributed by atoms with Crippen molar-refractivity contribution < 1.29 is 13.2 Å². The summed E-state index contributed by atoms with van der Waals surface area (Å²) in [5, 5.41) is 8.18. The van der Waals surface area contributed by atoms with Crippen molar-refractivity contribution in [3.8, 4) is 0 Å². The number of benzene rings is 2. The Kier molecular flexibility index (Phi) is 7.16. The number of nitrogens with zero attached hydrogens (tertiary/aromatic N) is 3. The average Bonchev–Trinajstić information content (AvgIpc) is 2.82. The smallest absolute Gasteiger partial charge is 0.324 e. The van der Waals surface area contributed by atoms with Gasteiger partial charge in [-0.2, -0.15) is 4.31 Å². The standard InChI is InChI=1S/C24H30ClN5O3S/c1-17-14-28(24(31)30(15-17)21-4-2-3-19(13-21)23(26)27)16-18-9-11-29(12-10-18)34(32,33)22-7-5-20(25)6-8-22/h2-8,13,17-18H,9-12,14-16H2,1H3,(H3,26,27). The highest BCUT2D eigenvalue weighted by Crippen LogP contribution is 2.28. The summed E-state index contributed by atoms with van der Waals surface area (Å²) in [6, 6.07) is 13.4. The number of hydrogen-bond donors (Lipinski definition) is 2. The van der Waals surface area contributed by atoms with E-state index in [1.807, 2.05) is 11.0 Å². The molecule has 10 heteroatoms. The minimum absolute atomic E-state index is 0.0310. The first-order chi connectivity index (χ1) is 16.1. The summed E-state index contributed by atoms with van der Waals surface area (Å²) in [6.07, 6.45) is 1.40. The number of nitrogens with one attached hydrogen (secondary N) is 1. The molecule has 2 saturated heterocycles. The number of hydrogen-bond acceptors (Lipinski definition) is 4. The second-order valence-corrected chi connectivity index (χ2v) is 11.5. The summed E-state index contributed by atoms with van der Waals surface area (Å²) in [6.45, 7) is 4.85. The Labute approximate surface area is 205 Å². The maximum atomic E-state index is 13.3. The van der Waals surface area contributed by atoms with Crippen LogP contribution in [0.3, 0.4) is 0 Å². The van der Waals surface area contributed by atoms with Crippen LogP contribution >= 0.6 is 11.6 Å². The number of anilines is 1. The molecule has 34 heavy (non-hydrogen) atoms. The molecule has 2 aliphatic rings. The average molecular weight is 504 g/mol. The lowest BCUT2D eigenvalue weighted by Crippen LogP contribution is -2.55. The lowest BCUT2D eigenvalue weighted by Gasteiger charge is -2.41. The maximum absolute atomic E-state index is 13.3. The zero-order chi connectivity index (χ0) is 24.5. The van der Waals surface area contributed by atoms with Gasteiger partial charge in [0.25, 0.3) is 0 Å². The number of urea groups is 1. The van der Waals surface area contributed by atoms with Gasteiger partial charge in [0.05, 0.1) is 4.90 Å². The van der Waals surface area contributed by atoms with E-state index in [-0.39, 0.29) is 28.6 Å². The number of piperidine rings is 1. The molecule has 4 rings (SSSR count). The SMILES string of the molecule is CC1CN(CC2CCN(S(=O)(=O)c3ccc(Cl)cc3)CC2)C(=O)N(c2cccc(C(=N)N)c2)C1. The van der Waals surface area contributed by atoms with E-state index >= 15 is 0 Å². The third kappa shape index (κ3) is 5.21. The van der Waals surface area contributed by atoms with Crippen LogP contribution in [0.1, 0.15) is 25.3 Å². The van der Waals surface area contributed by atoms with Crippen molar-refractivity contribution in [1.82, 2.24) is 9.21 Å². The van der Waals surface area contributed by atoms with E-state index in [0.717, 1.165) is 5.69 Å². The van der Waals surface area contributed by atoms with E-state index in [1.54, 1.807) is 35.2 Å². The predicted octanol–water partition coefficient (Wildman–Crippen LogP) is 3.60. The van der Waals surface area contributed by atoms with Crippen LogP contribution in [0, 0.1) is 17.2 Å². The molecule has 182 valence electrons. The van der Waals surface area contributed by atoms with Crippen LogP contribution in [0.25, 0.3) is 0 Å². The molecule has 2 fully saturated rings. The van der Waals surface area contributed by atoms with Crippen molar-refractivity contribution in [1.29, 1.82) is 5.41 Å². The Morgan fingerprint density at radius 3 is 2.44 bits per heavy atom. The fourth-order valence-electron chi connectivity index (χ4n) is 4.68. The van der Waals surface area contributed by atoms with Gasteiger partial charge < -0.3 is 10.6 Å². The molecule has 2 aromatic rings. The second kappa shape index (κ2) is 9.93. The van der Waals surface area contributed by atoms with E-state index in [2.05, 4.69) is 6.92 Å². The van der Waals surface area contributed by atoms with Crippen molar-refractivity contribution in [2.75, 3.05) is 37.6 Å². The predicted molar refractivity (Wildman–Crippen MR) is 134 cm³/mol. The molecule has 1 atom stereocenters. The normalized spacial score (nSPS) is 20.5. The first-order valence-electron chi connectivity index (χ1n) is 11.4. The lowest BCUT2D eigenvalue weighted by molar-refractivity contribution is 0.154. The largest absolute Gasteiger partial charge is 0.384 e. The van der Waals surface area contributed by atoms with Gasteiger partial charge >= 0.3 is 6.03 Å². The monoisotopic (exact) mass is 503 g/mol. The number of carbonyl (C=O) groups is 1. The molecule has 0 radical (unpaired) electrons. The molecule has 2 heterocycles. The highest BCUT2D eigenvalue weighted by atomic mass is 35.5. The Balaban J connectivity index is 1.40. The van der Waals surface area contributed by atoms with Crippen LogP contribution in [0.15, 0.2) is 53.4 Å². The quantitative estimate of drug-likeness (QED) is 0.463. The van der Waals surface area contributed by atoms with Crippen molar-refractivity contribution in [2.45, 2.75) is 24.7 Å². The van der Waals surface area contributed by atoms with Gasteiger partial charge in [0.1, 0.15) is 5.84 Å². The molecule has 3 N–H and O–H groups in total. The number of nitrogen functional groups attached to an aromatic ring is 1. The van der Waals surface area contributed by atoms with Crippen LogP contribution in [0.4, 0.5) is 10.5 Å². The van der Waals surface area contributed by atoms with Crippen LogP contribution in [0.5, 0.6) is 0 Å². The Hall–Kier alpha value is -2.62. The molecule has 0 saturated carbocycles. The highest BCUT2D eigenvalue weighted by molar-refractivity contribution is 7.89. The summed E-state index contributed by atoms with van der Waals surface area (Å²) >= 11 is 5.89. The van der Waals surface area contributed by atoms with Gasteiger partial charge in [0, 0.05) is 49.0 Å². The van der Waals surface area contributed by atoms with Gasteiger partial charge in [-0.1, -0.05) is 30.7 Å². The van der Waals surface area contributed by atoms with Crippen molar-refractivity contribution in [2.24, 2.45) is 17.6 Å². The van der Waals surface area contributed by atoms with E-state index in [4.69, 9.17) is 22.7 Å². The van der Waals surface area contributed by atoms with Gasteiger partial charge in [-0.15, -0.1) is 0 Å². The van der Waals surface area contributed by atoms with Gasteiger partial charge in [0.2, 0.25) is 10.0 Å². The Morgan fingerprint density at radius 1 is 1.12 bits per heavy atom. The zero-order valence-corrected chi connectivity index (χ0v) is 20.7. The van der Waals surface area contributed by atoms with Crippen LogP contribution in [0.2, 0.25) is 5.02 Å². The summed E-state index contributed by atoms with van der Waals surface area (Å²) < 4.78 is 27.4. The molecular weight excluding hydrogens is 474 g/mol. The van der Waals surface area contributed by atoms with Crippen LogP contribution in [-0.4, -0.2) is 62.2 Å². The number of amidine groups is 1. The molecule has 0 bridgehead atoms. The number of halogens is 1. The molecule has 2 aliphatic heterocycles. The summed E-state index contributed by atoms with van der Waals surface area (Å²) in [5.74, 6) is 0.483. The zero-order valence-electron chi connectivity index (χ0n) is 19.2. The van der Waals surface area contributed by atoms with Crippen LogP contribution in [-0.2, 0) is 10.0 Å². The first-order valence-corrected chi connectivity index (χ1v) is 13.2. The van der Waals surface area contributed by atoms with E-state index in [0.29, 0.717) is 56.2 Å². The van der Waals surface area contributed by atoms with Gasteiger partial charge in [-0.25, -0.2) is 13.2 Å². The first kappa shape index (κ1) is 24.5. The number of nitrogens with two attached hydrogens (primary N) is 1. The third-order valence-corrected chi connectivity index (χ3v) is 8.66. The number of sulfonamides is 1. The van der Waals surface area contributed by atoms with Crippen LogP contribution < -0.4 is 10.6 Å². The van der Waals surface area contributed by atoms with E-state index in [9.17, 15) is 13.2 Å². The van der Waals surface area contributed by atoms with Crippen molar-refractivity contribution in [3.05, 3.63) is 59.1 Å². The Bertz CT molecular complexity index is 1160. The molecular formula is C24H30ClN5O3S. The van der Waals surface area contributed by atoms with E-state index in [1.165, 1.54) is 16.4 Å². The topological polar surface area (TPSA) is 111 Å². The molecule has 0 aromatic heterocycles. The third-order valence-electron chi connectivity index (χ3n) is 6.50. The number of rotatable bonds is 6. The minimum Gasteiger partial charge on any atom is -0.384 e. The lowest BCUT2D eigenvalue weighted by atomic mass is 9.96. The number of carbonyl (C=O) groups excluding carboxylic acids is 1. The molecule has 1 unspecified atom stereocenters. The van der Waals surface area contributed by atoms with Crippen molar-refractivity contribution in [3.63, 3.8) is 0 Å². The van der Waals surface area contributed by atoms with Gasteiger partial charge in [-0.05, 0) is 61.1 Å². The summed E-state index contributed by atoms with van der Waals surface area (Å²) in [4.78, 5) is 17.2. The van der Waals surface area contributed by atoms with Gasteiger partial charge in [-0.3, -0.25) is 10.3 Å². The number of amides is 2. The minimum atomic E-state index is -3.55. The summed E-state index contributed by atoms with van der Waals surface area (Å²) in [7, 11) is -3.55. The summed E-state index contributed by atoms with van der Waals surface area (Å²) in [5.41, 5.74) is 6.95. The molecule has 0 aliphatic carbocycles. The fraction of sp³-hybridized carbons (Fsp3) is 0.417. The Morgan fingerprint density at radius 2 is 1.79 bits per heavy atom. The molecule has 2 aromatic carbocycles. The molecule has 0 spiro atoms. The maximum Gasteiger partial charge on any atom is 0.324 e. The second-order valence-electron chi connectivity index (χ2n) is 9.17. The van der Waals surface area contributed by atoms with Gasteiger partial charge in [0.15, 0.2) is 0 Å². The highest BCUT2D eigenvalue weighted by Gasteiger charge is 2.35. The molecule has 2 amide bonds. The van der Waals surface area contributed by atoms with E-state index < -0.39 is 10.0 Å². The molecule has 8 nitrogen and oxygen atoms in total.